The van der Waals surface area contributed by atoms with Gasteiger partial charge in [-0.05, 0) is 12.8 Å². The van der Waals surface area contributed by atoms with E-state index in [4.69, 9.17) is 10.5 Å². The molecular formula is C10H23NO3S. The first-order valence-corrected chi connectivity index (χ1v) is 7.37. The van der Waals surface area contributed by atoms with Crippen LogP contribution in [0, 0.1) is 0 Å². The first-order chi connectivity index (χ1) is 7.02. The van der Waals surface area contributed by atoms with Gasteiger partial charge >= 0.3 is 0 Å². The van der Waals surface area contributed by atoms with Crippen LogP contribution in [0.2, 0.25) is 0 Å². The van der Waals surface area contributed by atoms with Gasteiger partial charge in [-0.25, -0.2) is 8.42 Å². The van der Waals surface area contributed by atoms with Gasteiger partial charge in [-0.15, -0.1) is 0 Å². The molecule has 2 N–H and O–H groups in total. The SMILES string of the molecule is CCCCOCCS(=O)(=O)CC(N)CC. The summed E-state index contributed by atoms with van der Waals surface area (Å²) in [6, 6.07) is -0.245. The number of unbranched alkanes of at least 4 members (excludes halogenated alkanes) is 1. The number of hydrogen-bond acceptors (Lipinski definition) is 4. The van der Waals surface area contributed by atoms with Gasteiger partial charge in [-0.2, -0.15) is 0 Å². The standard InChI is InChI=1S/C10H23NO3S/c1-3-5-6-14-7-8-15(12,13)9-10(11)4-2/h10H,3-9,11H2,1-2H3. The Kier molecular flexibility index (Phi) is 8.00. The summed E-state index contributed by atoms with van der Waals surface area (Å²) in [5.74, 6) is 0.158. The van der Waals surface area contributed by atoms with Crippen molar-refractivity contribution in [1.82, 2.24) is 0 Å². The van der Waals surface area contributed by atoms with Crippen LogP contribution >= 0.6 is 0 Å². The van der Waals surface area contributed by atoms with Gasteiger partial charge in [-0.3, -0.25) is 0 Å². The molecule has 1 atom stereocenters. The Morgan fingerprint density at radius 3 is 2.47 bits per heavy atom. The van der Waals surface area contributed by atoms with E-state index in [9.17, 15) is 8.42 Å². The first kappa shape index (κ1) is 14.9. The molecule has 0 aliphatic carbocycles. The van der Waals surface area contributed by atoms with Crippen LogP contribution in [0.15, 0.2) is 0 Å². The summed E-state index contributed by atoms with van der Waals surface area (Å²) in [5, 5.41) is 0. The summed E-state index contributed by atoms with van der Waals surface area (Å²) in [7, 11) is -3.03. The molecule has 0 radical (unpaired) electrons. The van der Waals surface area contributed by atoms with Gasteiger partial charge in [0.1, 0.15) is 0 Å². The normalized spacial score (nSPS) is 14.1. The maximum Gasteiger partial charge on any atom is 0.154 e. The zero-order valence-corrected chi connectivity index (χ0v) is 10.6. The summed E-state index contributed by atoms with van der Waals surface area (Å²) in [5.41, 5.74) is 5.59. The Labute approximate surface area is 93.1 Å². The van der Waals surface area contributed by atoms with E-state index in [2.05, 4.69) is 6.92 Å². The van der Waals surface area contributed by atoms with E-state index in [1.54, 1.807) is 0 Å². The lowest BCUT2D eigenvalue weighted by atomic mass is 10.3. The minimum absolute atomic E-state index is 0.0701. The van der Waals surface area contributed by atoms with Crippen LogP contribution < -0.4 is 5.73 Å². The van der Waals surface area contributed by atoms with E-state index in [1.807, 2.05) is 6.92 Å². The van der Waals surface area contributed by atoms with Crippen LogP contribution in [0.4, 0.5) is 0 Å². The van der Waals surface area contributed by atoms with Crippen molar-refractivity contribution < 1.29 is 13.2 Å². The summed E-state index contributed by atoms with van der Waals surface area (Å²) in [6.07, 6.45) is 2.73. The lowest BCUT2D eigenvalue weighted by Gasteiger charge is -2.09. The molecule has 0 heterocycles. The molecule has 0 aliphatic heterocycles. The molecule has 4 nitrogen and oxygen atoms in total. The molecule has 0 saturated heterocycles. The first-order valence-electron chi connectivity index (χ1n) is 5.55. The third kappa shape index (κ3) is 8.84. The molecule has 0 aromatic carbocycles. The third-order valence-corrected chi connectivity index (χ3v) is 3.90. The van der Waals surface area contributed by atoms with E-state index in [-0.39, 0.29) is 17.5 Å². The smallest absolute Gasteiger partial charge is 0.154 e. The van der Waals surface area contributed by atoms with Gasteiger partial charge in [-0.1, -0.05) is 20.3 Å². The van der Waals surface area contributed by atoms with E-state index in [0.717, 1.165) is 12.8 Å². The van der Waals surface area contributed by atoms with Crippen molar-refractivity contribution in [3.63, 3.8) is 0 Å². The molecular weight excluding hydrogens is 214 g/mol. The molecule has 92 valence electrons. The molecule has 0 aromatic rings. The molecule has 0 bridgehead atoms. The van der Waals surface area contributed by atoms with Crippen LogP contribution in [-0.2, 0) is 14.6 Å². The number of ether oxygens (including phenoxy) is 1. The highest BCUT2D eigenvalue weighted by Gasteiger charge is 2.14. The number of sulfone groups is 1. The number of nitrogens with two attached hydrogens (primary N) is 1. The second kappa shape index (κ2) is 8.07. The quantitative estimate of drug-likeness (QED) is 0.606. The van der Waals surface area contributed by atoms with Crippen molar-refractivity contribution in [3.8, 4) is 0 Å². The van der Waals surface area contributed by atoms with Crippen molar-refractivity contribution >= 4 is 9.84 Å². The zero-order valence-electron chi connectivity index (χ0n) is 9.74. The average Bonchev–Trinajstić information content (AvgIpc) is 2.16. The van der Waals surface area contributed by atoms with Gasteiger partial charge in [0.25, 0.3) is 0 Å². The molecule has 0 spiro atoms. The summed E-state index contributed by atoms with van der Waals surface area (Å²) < 4.78 is 28.2. The molecule has 15 heavy (non-hydrogen) atoms. The molecule has 0 aromatic heterocycles. The highest BCUT2D eigenvalue weighted by atomic mass is 32.2. The molecule has 0 aliphatic rings. The Balaban J connectivity index is 3.65. The minimum Gasteiger partial charge on any atom is -0.380 e. The van der Waals surface area contributed by atoms with E-state index < -0.39 is 9.84 Å². The van der Waals surface area contributed by atoms with Crippen molar-refractivity contribution in [2.24, 2.45) is 5.73 Å². The fourth-order valence-corrected chi connectivity index (χ4v) is 2.49. The second-order valence-electron chi connectivity index (χ2n) is 3.75. The predicted molar refractivity (Wildman–Crippen MR) is 62.6 cm³/mol. The average molecular weight is 237 g/mol. The third-order valence-electron chi connectivity index (χ3n) is 2.17. The lowest BCUT2D eigenvalue weighted by Crippen LogP contribution is -2.31. The van der Waals surface area contributed by atoms with Gasteiger partial charge in [0.2, 0.25) is 0 Å². The fraction of sp³-hybridized carbons (Fsp3) is 1.00. The van der Waals surface area contributed by atoms with Gasteiger partial charge in [0, 0.05) is 12.6 Å². The molecule has 0 rings (SSSR count). The highest BCUT2D eigenvalue weighted by Crippen LogP contribution is 1.97. The monoisotopic (exact) mass is 237 g/mol. The maximum absolute atomic E-state index is 11.5. The zero-order chi connectivity index (χ0) is 11.7. The summed E-state index contributed by atoms with van der Waals surface area (Å²) in [4.78, 5) is 0. The van der Waals surface area contributed by atoms with Gasteiger partial charge in [0.15, 0.2) is 9.84 Å². The Morgan fingerprint density at radius 2 is 1.93 bits per heavy atom. The Bertz CT molecular complexity index is 239. The topological polar surface area (TPSA) is 69.4 Å². The van der Waals surface area contributed by atoms with Crippen molar-refractivity contribution in [2.75, 3.05) is 24.7 Å². The van der Waals surface area contributed by atoms with Crippen LogP contribution in [0.1, 0.15) is 33.1 Å². The largest absolute Gasteiger partial charge is 0.380 e. The number of hydrogen-bond donors (Lipinski definition) is 1. The lowest BCUT2D eigenvalue weighted by molar-refractivity contribution is 0.146. The van der Waals surface area contributed by atoms with E-state index in [1.165, 1.54) is 0 Å². The molecule has 5 heteroatoms. The molecule has 0 saturated carbocycles. The Hall–Kier alpha value is -0.130. The van der Waals surface area contributed by atoms with Crippen LogP contribution in [0.5, 0.6) is 0 Å². The van der Waals surface area contributed by atoms with Gasteiger partial charge < -0.3 is 10.5 Å². The second-order valence-corrected chi connectivity index (χ2v) is 5.98. The van der Waals surface area contributed by atoms with Crippen LogP contribution in [0.3, 0.4) is 0 Å². The van der Waals surface area contributed by atoms with Crippen molar-refractivity contribution in [2.45, 2.75) is 39.2 Å². The van der Waals surface area contributed by atoms with E-state index in [0.29, 0.717) is 19.6 Å². The maximum atomic E-state index is 11.5. The van der Waals surface area contributed by atoms with Crippen LogP contribution in [-0.4, -0.2) is 39.2 Å². The minimum atomic E-state index is -3.03. The summed E-state index contributed by atoms with van der Waals surface area (Å²) >= 11 is 0. The van der Waals surface area contributed by atoms with E-state index >= 15 is 0 Å². The molecule has 1 unspecified atom stereocenters. The van der Waals surface area contributed by atoms with Crippen LogP contribution in [0.25, 0.3) is 0 Å². The van der Waals surface area contributed by atoms with Crippen molar-refractivity contribution in [3.05, 3.63) is 0 Å². The predicted octanol–water partition coefficient (Wildman–Crippen LogP) is 0.955. The van der Waals surface area contributed by atoms with Crippen molar-refractivity contribution in [1.29, 1.82) is 0 Å². The summed E-state index contributed by atoms with van der Waals surface area (Å²) in [6.45, 7) is 4.89. The Morgan fingerprint density at radius 1 is 1.27 bits per heavy atom. The molecule has 0 amide bonds. The number of rotatable bonds is 9. The highest BCUT2D eigenvalue weighted by molar-refractivity contribution is 7.91. The van der Waals surface area contributed by atoms with Gasteiger partial charge in [0.05, 0.1) is 18.1 Å². The molecule has 0 fully saturated rings. The fourth-order valence-electron chi connectivity index (χ4n) is 1.06.